The lowest BCUT2D eigenvalue weighted by atomic mass is 10.1. The Bertz CT molecular complexity index is 782. The van der Waals surface area contributed by atoms with Crippen molar-refractivity contribution >= 4 is 21.4 Å². The van der Waals surface area contributed by atoms with Crippen molar-refractivity contribution in [2.75, 3.05) is 11.6 Å². The van der Waals surface area contributed by atoms with Crippen molar-refractivity contribution in [3.63, 3.8) is 0 Å². The Kier molecular flexibility index (Phi) is 4.56. The lowest BCUT2D eigenvalue weighted by Crippen LogP contribution is -2.12. The van der Waals surface area contributed by atoms with Crippen molar-refractivity contribution < 1.29 is 22.0 Å². The lowest BCUT2D eigenvalue weighted by molar-refractivity contribution is 0.102. The Labute approximate surface area is 126 Å². The second-order valence-corrected chi connectivity index (χ2v) is 7.02. The number of hydrogen-bond donors (Lipinski definition) is 1. The molecule has 0 bridgehead atoms. The molecule has 0 saturated heterocycles. The van der Waals surface area contributed by atoms with E-state index in [0.29, 0.717) is 11.6 Å². The van der Waals surface area contributed by atoms with Gasteiger partial charge in [-0.3, -0.25) is 4.79 Å². The van der Waals surface area contributed by atoms with Gasteiger partial charge in [0.2, 0.25) is 0 Å². The molecule has 116 valence electrons. The standard InChI is InChI=1S/C15H13F2NO3S/c1-22(20,21)9-10-2-4-11(5-3-10)15(19)18-14-7-12(16)6-13(17)8-14/h2-8H,9H2,1H3,(H,18,19). The van der Waals surface area contributed by atoms with Crippen LogP contribution in [0.25, 0.3) is 0 Å². The van der Waals surface area contributed by atoms with E-state index in [-0.39, 0.29) is 17.0 Å². The van der Waals surface area contributed by atoms with Crippen LogP contribution < -0.4 is 5.32 Å². The Morgan fingerprint density at radius 2 is 1.59 bits per heavy atom. The van der Waals surface area contributed by atoms with Crippen molar-refractivity contribution in [1.82, 2.24) is 0 Å². The number of benzene rings is 2. The normalized spacial score (nSPS) is 11.2. The molecule has 0 heterocycles. The van der Waals surface area contributed by atoms with Gasteiger partial charge in [-0.2, -0.15) is 0 Å². The topological polar surface area (TPSA) is 63.2 Å². The van der Waals surface area contributed by atoms with Crippen molar-refractivity contribution in [2.45, 2.75) is 5.75 Å². The predicted octanol–water partition coefficient (Wildman–Crippen LogP) is 2.76. The van der Waals surface area contributed by atoms with Gasteiger partial charge in [0.05, 0.1) is 5.75 Å². The first-order valence-electron chi connectivity index (χ1n) is 6.27. The summed E-state index contributed by atoms with van der Waals surface area (Å²) in [6.07, 6.45) is 1.12. The number of sulfone groups is 1. The van der Waals surface area contributed by atoms with Crippen LogP contribution in [-0.4, -0.2) is 20.6 Å². The molecule has 4 nitrogen and oxygen atoms in total. The van der Waals surface area contributed by atoms with Crippen LogP contribution in [-0.2, 0) is 15.6 Å². The summed E-state index contributed by atoms with van der Waals surface area (Å²) in [6, 6.07) is 8.63. The second kappa shape index (κ2) is 6.23. The fraction of sp³-hybridized carbons (Fsp3) is 0.133. The highest BCUT2D eigenvalue weighted by molar-refractivity contribution is 7.89. The zero-order valence-corrected chi connectivity index (χ0v) is 12.5. The van der Waals surface area contributed by atoms with Crippen molar-refractivity contribution in [2.24, 2.45) is 0 Å². The Balaban J connectivity index is 2.13. The second-order valence-electron chi connectivity index (χ2n) is 4.88. The Morgan fingerprint density at radius 1 is 1.05 bits per heavy atom. The van der Waals surface area contributed by atoms with E-state index < -0.39 is 27.4 Å². The largest absolute Gasteiger partial charge is 0.322 e. The van der Waals surface area contributed by atoms with Crippen LogP contribution in [0.3, 0.4) is 0 Å². The molecular weight excluding hydrogens is 312 g/mol. The number of nitrogens with one attached hydrogen (secondary N) is 1. The van der Waals surface area contributed by atoms with Crippen molar-refractivity contribution in [1.29, 1.82) is 0 Å². The van der Waals surface area contributed by atoms with E-state index in [9.17, 15) is 22.0 Å². The van der Waals surface area contributed by atoms with Crippen molar-refractivity contribution in [3.8, 4) is 0 Å². The van der Waals surface area contributed by atoms with E-state index in [2.05, 4.69) is 5.32 Å². The molecule has 0 spiro atoms. The van der Waals surface area contributed by atoms with Gasteiger partial charge in [0.15, 0.2) is 9.84 Å². The SMILES string of the molecule is CS(=O)(=O)Cc1ccc(C(=O)Nc2cc(F)cc(F)c2)cc1. The summed E-state index contributed by atoms with van der Waals surface area (Å²) in [7, 11) is -3.15. The molecule has 2 rings (SSSR count). The lowest BCUT2D eigenvalue weighted by Gasteiger charge is -2.06. The van der Waals surface area contributed by atoms with Gasteiger partial charge in [-0.15, -0.1) is 0 Å². The highest BCUT2D eigenvalue weighted by Crippen LogP contribution is 2.15. The maximum atomic E-state index is 13.0. The Morgan fingerprint density at radius 3 is 2.09 bits per heavy atom. The van der Waals surface area contributed by atoms with E-state index in [1.165, 1.54) is 24.3 Å². The number of rotatable bonds is 4. The number of halogens is 2. The van der Waals surface area contributed by atoms with E-state index in [0.717, 1.165) is 18.4 Å². The summed E-state index contributed by atoms with van der Waals surface area (Å²) in [5.74, 6) is -2.25. The quantitative estimate of drug-likeness (QED) is 0.940. The van der Waals surface area contributed by atoms with Crippen LogP contribution in [0.1, 0.15) is 15.9 Å². The third kappa shape index (κ3) is 4.63. The number of hydrogen-bond acceptors (Lipinski definition) is 3. The van der Waals surface area contributed by atoms with E-state index in [1.807, 2.05) is 0 Å². The molecule has 0 unspecified atom stereocenters. The average Bonchev–Trinajstić information content (AvgIpc) is 2.36. The van der Waals surface area contributed by atoms with E-state index in [1.54, 1.807) is 0 Å². The maximum absolute atomic E-state index is 13.0. The molecule has 2 aromatic rings. The first-order chi connectivity index (χ1) is 10.2. The minimum Gasteiger partial charge on any atom is -0.322 e. The summed E-state index contributed by atoms with van der Waals surface area (Å²) >= 11 is 0. The van der Waals surface area contributed by atoms with Crippen LogP contribution in [0, 0.1) is 11.6 Å². The third-order valence-electron chi connectivity index (χ3n) is 2.77. The molecule has 0 aromatic heterocycles. The average molecular weight is 325 g/mol. The van der Waals surface area contributed by atoms with Gasteiger partial charge in [-0.25, -0.2) is 17.2 Å². The molecule has 0 saturated carbocycles. The Hall–Kier alpha value is -2.28. The number of carbonyl (C=O) groups is 1. The zero-order chi connectivity index (χ0) is 16.3. The minimum atomic E-state index is -3.15. The molecule has 7 heteroatoms. The number of anilines is 1. The van der Waals surface area contributed by atoms with Gasteiger partial charge in [0, 0.05) is 23.6 Å². The first kappa shape index (κ1) is 16.1. The molecule has 0 fully saturated rings. The van der Waals surface area contributed by atoms with Gasteiger partial charge in [-0.1, -0.05) is 12.1 Å². The molecule has 0 aliphatic heterocycles. The molecule has 1 N–H and O–H groups in total. The molecule has 0 aliphatic carbocycles. The fourth-order valence-electron chi connectivity index (χ4n) is 1.88. The van der Waals surface area contributed by atoms with Gasteiger partial charge < -0.3 is 5.32 Å². The van der Waals surface area contributed by atoms with Gasteiger partial charge in [0.25, 0.3) is 5.91 Å². The van der Waals surface area contributed by atoms with Crippen LogP contribution in [0.2, 0.25) is 0 Å². The summed E-state index contributed by atoms with van der Waals surface area (Å²) in [5.41, 5.74) is 0.806. The zero-order valence-electron chi connectivity index (χ0n) is 11.6. The monoisotopic (exact) mass is 325 g/mol. The number of carbonyl (C=O) groups excluding carboxylic acids is 1. The molecule has 0 atom stereocenters. The third-order valence-corrected chi connectivity index (χ3v) is 3.62. The van der Waals surface area contributed by atoms with E-state index >= 15 is 0 Å². The van der Waals surface area contributed by atoms with Crippen LogP contribution in [0.4, 0.5) is 14.5 Å². The molecule has 0 aliphatic rings. The molecule has 0 radical (unpaired) electrons. The summed E-state index contributed by atoms with van der Waals surface area (Å²) < 4.78 is 48.4. The first-order valence-corrected chi connectivity index (χ1v) is 8.33. The van der Waals surface area contributed by atoms with Crippen LogP contribution in [0.15, 0.2) is 42.5 Å². The molecule has 22 heavy (non-hydrogen) atoms. The molecule has 2 aromatic carbocycles. The molecule has 1 amide bonds. The van der Waals surface area contributed by atoms with Crippen LogP contribution >= 0.6 is 0 Å². The van der Waals surface area contributed by atoms with Gasteiger partial charge in [-0.05, 0) is 29.8 Å². The van der Waals surface area contributed by atoms with Crippen LogP contribution in [0.5, 0.6) is 0 Å². The van der Waals surface area contributed by atoms with Crippen molar-refractivity contribution in [3.05, 3.63) is 65.2 Å². The minimum absolute atomic E-state index is 0.00251. The number of amides is 1. The highest BCUT2D eigenvalue weighted by atomic mass is 32.2. The predicted molar refractivity (Wildman–Crippen MR) is 79.3 cm³/mol. The highest BCUT2D eigenvalue weighted by Gasteiger charge is 2.09. The smallest absolute Gasteiger partial charge is 0.255 e. The summed E-state index contributed by atoms with van der Waals surface area (Å²) in [5, 5.41) is 2.37. The summed E-state index contributed by atoms with van der Waals surface area (Å²) in [6.45, 7) is 0. The fourth-order valence-corrected chi connectivity index (χ4v) is 2.68. The van der Waals surface area contributed by atoms with Gasteiger partial charge >= 0.3 is 0 Å². The maximum Gasteiger partial charge on any atom is 0.255 e. The van der Waals surface area contributed by atoms with E-state index in [4.69, 9.17) is 0 Å². The summed E-state index contributed by atoms with van der Waals surface area (Å²) in [4.78, 5) is 12.0. The molecular formula is C15H13F2NO3S. The van der Waals surface area contributed by atoms with Gasteiger partial charge in [0.1, 0.15) is 11.6 Å².